The van der Waals surface area contributed by atoms with Gasteiger partial charge in [0.05, 0.1) is 0 Å². The highest BCUT2D eigenvalue weighted by molar-refractivity contribution is 8.58. The van der Waals surface area contributed by atoms with Crippen LogP contribution in [0, 0.1) is 5.92 Å². The first-order valence-corrected chi connectivity index (χ1v) is 10.4. The fourth-order valence-electron chi connectivity index (χ4n) is 0.691. The summed E-state index contributed by atoms with van der Waals surface area (Å²) in [5.74, 6) is 0.641. The van der Waals surface area contributed by atoms with Crippen LogP contribution in [0.15, 0.2) is 0 Å². The van der Waals surface area contributed by atoms with Crippen LogP contribution in [0.1, 0.15) is 27.2 Å². The second-order valence-corrected chi connectivity index (χ2v) is 12.5. The molecule has 1 atom stereocenters. The first-order valence-electron chi connectivity index (χ1n) is 5.15. The minimum Gasteiger partial charge on any atom is -0.286 e. The van der Waals surface area contributed by atoms with Gasteiger partial charge in [0.2, 0.25) is 5.91 Å². The van der Waals surface area contributed by atoms with Crippen LogP contribution >= 0.6 is 64.8 Å². The fraction of sp³-hybridized carbons (Fsp3) is 0.875. The van der Waals surface area contributed by atoms with E-state index >= 15 is 0 Å². The van der Waals surface area contributed by atoms with Crippen molar-refractivity contribution in [1.29, 1.82) is 0 Å². The van der Waals surface area contributed by atoms with Gasteiger partial charge in [-0.1, -0.05) is 67.0 Å². The van der Waals surface area contributed by atoms with Crippen LogP contribution in [-0.4, -0.2) is 14.8 Å². The number of hydrogen-bond acceptors (Lipinski definition) is 4. The first kappa shape index (κ1) is 19.2. The van der Waals surface area contributed by atoms with Gasteiger partial charge in [0.1, 0.15) is 0 Å². The molecule has 10 heteroatoms. The Kier molecular flexibility index (Phi) is 9.08. The van der Waals surface area contributed by atoms with Crippen LogP contribution in [0.4, 0.5) is 0 Å². The van der Waals surface area contributed by atoms with Gasteiger partial charge in [-0.2, -0.15) is 4.49 Å². The fourth-order valence-corrected chi connectivity index (χ4v) is 6.80. The summed E-state index contributed by atoms with van der Waals surface area (Å²) in [6, 6.07) is 0. The molecule has 0 saturated carbocycles. The molecule has 0 aliphatic rings. The lowest BCUT2D eigenvalue weighted by atomic mass is 10.3. The summed E-state index contributed by atoms with van der Waals surface area (Å²) in [5.41, 5.74) is 0. The Morgan fingerprint density at radius 2 is 1.94 bits per heavy atom. The number of alkyl halides is 3. The average Bonchev–Trinajstić information content (AvgIpc) is 2.23. The van der Waals surface area contributed by atoms with Crippen LogP contribution in [0.5, 0.6) is 0 Å². The number of carbonyl (C=O) groups is 1. The largest absolute Gasteiger partial charge is 0.301 e. The lowest BCUT2D eigenvalue weighted by molar-refractivity contribution is -0.119. The van der Waals surface area contributed by atoms with E-state index in [-0.39, 0.29) is 12.3 Å². The molecule has 0 saturated heterocycles. The Bertz CT molecular complexity index is 326. The highest BCUT2D eigenvalue weighted by Gasteiger charge is 2.30. The first-order chi connectivity index (χ1) is 8.08. The number of hydrogen-bond donors (Lipinski definition) is 2. The maximum Gasteiger partial charge on any atom is 0.301 e. The summed E-state index contributed by atoms with van der Waals surface area (Å²) < 4.78 is 13.4. The molecule has 0 rings (SSSR count). The van der Waals surface area contributed by atoms with Crippen LogP contribution < -0.4 is 9.58 Å². The molecule has 0 radical (unpaired) electrons. The molecular formula is C8H16Cl3N2O2PS2. The van der Waals surface area contributed by atoms with Gasteiger partial charge in [-0.15, -0.1) is 0 Å². The van der Waals surface area contributed by atoms with Crippen molar-refractivity contribution in [1.82, 2.24) is 9.58 Å². The van der Waals surface area contributed by atoms with E-state index < -0.39 is 9.77 Å². The van der Waals surface area contributed by atoms with Crippen molar-refractivity contribution < 1.29 is 9.36 Å². The summed E-state index contributed by atoms with van der Waals surface area (Å²) in [4.78, 5) is 11.4. The lowest BCUT2D eigenvalue weighted by Gasteiger charge is -2.21. The Labute approximate surface area is 131 Å². The maximum atomic E-state index is 12.5. The zero-order valence-electron chi connectivity index (χ0n) is 10.2. The number of carbonyl (C=O) groups excluding carboxylic acids is 1. The smallest absolute Gasteiger partial charge is 0.286 e. The average molecular weight is 374 g/mol. The zero-order chi connectivity index (χ0) is 14.4. The third kappa shape index (κ3) is 10.1. The molecule has 108 valence electrons. The van der Waals surface area contributed by atoms with Crippen molar-refractivity contribution in [2.24, 2.45) is 5.92 Å². The van der Waals surface area contributed by atoms with E-state index in [1.165, 1.54) is 0 Å². The molecule has 4 nitrogen and oxygen atoms in total. The quantitative estimate of drug-likeness (QED) is 0.389. The molecular weight excluding hydrogens is 358 g/mol. The van der Waals surface area contributed by atoms with Crippen LogP contribution in [0.2, 0.25) is 0 Å². The van der Waals surface area contributed by atoms with E-state index in [0.29, 0.717) is 23.6 Å². The van der Waals surface area contributed by atoms with Gasteiger partial charge in [0.15, 0.2) is 0 Å². The van der Waals surface area contributed by atoms with Gasteiger partial charge < -0.3 is 0 Å². The van der Waals surface area contributed by atoms with E-state index in [0.717, 1.165) is 11.4 Å². The van der Waals surface area contributed by atoms with E-state index in [4.69, 9.17) is 34.8 Å². The monoisotopic (exact) mass is 372 g/mol. The Balaban J connectivity index is 4.59. The molecule has 0 fully saturated rings. The Morgan fingerprint density at radius 3 is 2.33 bits per heavy atom. The van der Waals surface area contributed by atoms with Crippen molar-refractivity contribution in [2.75, 3.05) is 5.75 Å². The topological polar surface area (TPSA) is 58.2 Å². The molecule has 0 spiro atoms. The van der Waals surface area contributed by atoms with Crippen molar-refractivity contribution in [3.05, 3.63) is 0 Å². The summed E-state index contributed by atoms with van der Waals surface area (Å²) in [5, 5.41) is 2.44. The van der Waals surface area contributed by atoms with Crippen molar-refractivity contribution in [3.63, 3.8) is 0 Å². The molecule has 0 heterocycles. The van der Waals surface area contributed by atoms with Crippen LogP contribution in [-0.2, 0) is 9.36 Å². The highest BCUT2D eigenvalue weighted by Crippen LogP contribution is 2.55. The summed E-state index contributed by atoms with van der Waals surface area (Å²) in [6.07, 6.45) is 0.242. The van der Waals surface area contributed by atoms with E-state index in [1.807, 2.05) is 13.8 Å². The number of rotatable bonds is 7. The Morgan fingerprint density at radius 1 is 1.39 bits per heavy atom. The second-order valence-electron chi connectivity index (χ2n) is 3.77. The van der Waals surface area contributed by atoms with E-state index in [2.05, 4.69) is 9.58 Å². The van der Waals surface area contributed by atoms with Crippen LogP contribution in [0.25, 0.3) is 0 Å². The molecule has 18 heavy (non-hydrogen) atoms. The van der Waals surface area contributed by atoms with Gasteiger partial charge in [0, 0.05) is 12.2 Å². The van der Waals surface area contributed by atoms with Crippen molar-refractivity contribution in [3.8, 4) is 0 Å². The molecule has 1 unspecified atom stereocenters. The molecule has 0 aromatic carbocycles. The summed E-state index contributed by atoms with van der Waals surface area (Å²) in [7, 11) is 0. The van der Waals surface area contributed by atoms with Gasteiger partial charge in [0.25, 0.3) is 3.12 Å². The molecule has 0 aliphatic carbocycles. The number of halogens is 3. The van der Waals surface area contributed by atoms with Gasteiger partial charge in [-0.05, 0) is 17.9 Å². The number of nitrogens with one attached hydrogen (secondary N) is 2. The SMILES string of the molecule is CCC(=O)NP(=O)(NSC(Cl)(Cl)Cl)SCC(C)C. The third-order valence-electron chi connectivity index (χ3n) is 1.46. The normalized spacial score (nSPS) is 15.5. The minimum atomic E-state index is -3.17. The number of amides is 1. The van der Waals surface area contributed by atoms with Gasteiger partial charge in [-0.3, -0.25) is 14.4 Å². The third-order valence-corrected chi connectivity index (χ3v) is 7.92. The van der Waals surface area contributed by atoms with Crippen LogP contribution in [0.3, 0.4) is 0 Å². The highest BCUT2D eigenvalue weighted by atomic mass is 35.6. The second kappa shape index (κ2) is 8.50. The predicted octanol–water partition coefficient (Wildman–Crippen LogP) is 4.58. The van der Waals surface area contributed by atoms with Gasteiger partial charge in [-0.25, -0.2) is 0 Å². The molecule has 0 bridgehead atoms. The van der Waals surface area contributed by atoms with Crippen molar-refractivity contribution in [2.45, 2.75) is 30.3 Å². The molecule has 0 aromatic rings. The molecule has 0 aromatic heterocycles. The molecule has 0 aliphatic heterocycles. The minimum absolute atomic E-state index is 0.242. The zero-order valence-corrected chi connectivity index (χ0v) is 15.0. The predicted molar refractivity (Wildman–Crippen MR) is 84.4 cm³/mol. The lowest BCUT2D eigenvalue weighted by Crippen LogP contribution is -2.24. The standard InChI is InChI=1S/C8H16Cl3N2O2PS2/c1-4-7(14)12-16(15,17-5-6(2)3)13-18-8(9,10)11/h6H,4-5H2,1-3H3,(H2,12,13,14,15). The van der Waals surface area contributed by atoms with E-state index in [1.54, 1.807) is 6.92 Å². The molecule has 1 amide bonds. The van der Waals surface area contributed by atoms with E-state index in [9.17, 15) is 9.36 Å². The summed E-state index contributed by atoms with van der Waals surface area (Å²) >= 11 is 18.5. The van der Waals surface area contributed by atoms with Gasteiger partial charge >= 0.3 is 6.65 Å². The maximum absolute atomic E-state index is 12.5. The Hall–Kier alpha value is 1.23. The van der Waals surface area contributed by atoms with Crippen molar-refractivity contribution >= 4 is 70.7 Å². The summed E-state index contributed by atoms with van der Waals surface area (Å²) in [6.45, 7) is 2.48. The molecule has 2 N–H and O–H groups in total.